The Morgan fingerprint density at radius 2 is 1.22 bits per heavy atom. The molecule has 0 saturated heterocycles. The van der Waals surface area contributed by atoms with Crippen molar-refractivity contribution in [3.05, 3.63) is 82.0 Å². The molecule has 12 nitrogen and oxygen atoms in total. The normalized spacial score (nSPS) is 11.7. The van der Waals surface area contributed by atoms with E-state index in [1.165, 1.54) is 6.33 Å². The van der Waals surface area contributed by atoms with Crippen LogP contribution in [0, 0.1) is 0 Å². The molecule has 0 spiro atoms. The summed E-state index contributed by atoms with van der Waals surface area (Å²) in [6.07, 6.45) is 2.47. The maximum absolute atomic E-state index is 12.7. The van der Waals surface area contributed by atoms with Gasteiger partial charge in [0.1, 0.15) is 25.3 Å². The van der Waals surface area contributed by atoms with E-state index in [4.69, 9.17) is 9.47 Å². The summed E-state index contributed by atoms with van der Waals surface area (Å²) in [5.74, 6) is 0.615. The second-order valence-corrected chi connectivity index (χ2v) is 14.6. The minimum Gasteiger partial charge on any atom is -0.489 e. The molecule has 0 aliphatic carbocycles. The van der Waals surface area contributed by atoms with Crippen LogP contribution in [0.4, 0.5) is 11.5 Å². The molecule has 3 aromatic carbocycles. The Morgan fingerprint density at radius 1 is 0.674 bits per heavy atom. The lowest BCUT2D eigenvalue weighted by atomic mass is 10.0. The van der Waals surface area contributed by atoms with Crippen molar-refractivity contribution < 1.29 is 26.3 Å². The lowest BCUT2D eigenvalue weighted by Gasteiger charge is -2.18. The molecule has 4 N–H and O–H groups in total. The van der Waals surface area contributed by atoms with Crippen molar-refractivity contribution in [1.29, 1.82) is 0 Å². The number of nitrogens with one attached hydrogen (secondary N) is 4. The second-order valence-electron chi connectivity index (χ2n) is 9.79. The SMILES string of the molecule is CCCNS(=O)(=O)Nc1cccc(OCCOc2ncnc(NS(=O)(=O)NCCC)c2-c2ccc(Br)cc2)c1-c1ccc(Br)cc1. The van der Waals surface area contributed by atoms with Crippen LogP contribution in [-0.2, 0) is 20.4 Å². The maximum Gasteiger partial charge on any atom is 0.300 e. The van der Waals surface area contributed by atoms with Crippen molar-refractivity contribution in [2.24, 2.45) is 0 Å². The molecule has 1 aromatic heterocycles. The highest BCUT2D eigenvalue weighted by molar-refractivity contribution is 9.10. The van der Waals surface area contributed by atoms with Gasteiger partial charge in [-0.1, -0.05) is 76.0 Å². The van der Waals surface area contributed by atoms with E-state index in [-0.39, 0.29) is 31.5 Å². The standard InChI is InChI=1S/C30H34Br2N6O6S2/c1-3-16-35-45(39,40)37-25-6-5-7-26(27(25)21-8-12-23(31)13-9-21)43-18-19-44-30-28(22-10-14-24(32)15-11-22)29(33-20-34-30)38-46(41,42)36-17-4-2/h5-15,20,35-37H,3-4,16-19H2,1-2H3,(H,33,34,38). The van der Waals surface area contributed by atoms with E-state index in [2.05, 4.69) is 60.7 Å². The van der Waals surface area contributed by atoms with Crippen molar-refractivity contribution in [2.75, 3.05) is 35.7 Å². The van der Waals surface area contributed by atoms with Crippen LogP contribution >= 0.6 is 31.9 Å². The minimum absolute atomic E-state index is 0.0224. The minimum atomic E-state index is -3.91. The fraction of sp³-hybridized carbons (Fsp3) is 0.267. The first-order valence-electron chi connectivity index (χ1n) is 14.3. The lowest BCUT2D eigenvalue weighted by Crippen LogP contribution is -2.31. The number of rotatable bonds is 17. The van der Waals surface area contributed by atoms with Crippen molar-refractivity contribution in [3.63, 3.8) is 0 Å². The fourth-order valence-corrected chi connectivity index (χ4v) is 6.68. The fourth-order valence-electron chi connectivity index (χ4n) is 4.19. The van der Waals surface area contributed by atoms with Gasteiger partial charge >= 0.3 is 0 Å². The van der Waals surface area contributed by atoms with Gasteiger partial charge in [-0.25, -0.2) is 9.97 Å². The van der Waals surface area contributed by atoms with E-state index in [0.29, 0.717) is 47.5 Å². The number of nitrogens with zero attached hydrogens (tertiary/aromatic N) is 2. The summed E-state index contributed by atoms with van der Waals surface area (Å²) in [7, 11) is -7.74. The predicted octanol–water partition coefficient (Wildman–Crippen LogP) is 6.11. The van der Waals surface area contributed by atoms with Crippen LogP contribution < -0.4 is 28.4 Å². The van der Waals surface area contributed by atoms with E-state index in [1.54, 1.807) is 30.3 Å². The van der Waals surface area contributed by atoms with Gasteiger partial charge in [-0.2, -0.15) is 26.3 Å². The molecule has 0 amide bonds. The molecular formula is C30H34Br2N6O6S2. The number of aromatic nitrogens is 2. The molecule has 0 bridgehead atoms. The summed E-state index contributed by atoms with van der Waals surface area (Å²) >= 11 is 6.86. The Labute approximate surface area is 286 Å². The van der Waals surface area contributed by atoms with Crippen molar-refractivity contribution in [1.82, 2.24) is 19.4 Å². The molecule has 16 heteroatoms. The van der Waals surface area contributed by atoms with Crippen LogP contribution in [0.2, 0.25) is 0 Å². The number of halogens is 2. The lowest BCUT2D eigenvalue weighted by molar-refractivity contribution is 0.213. The smallest absolute Gasteiger partial charge is 0.300 e. The van der Waals surface area contributed by atoms with E-state index in [1.807, 2.05) is 50.2 Å². The second kappa shape index (κ2) is 16.5. The van der Waals surface area contributed by atoms with Gasteiger partial charge in [0.2, 0.25) is 5.88 Å². The van der Waals surface area contributed by atoms with Gasteiger partial charge in [0, 0.05) is 27.6 Å². The Balaban J connectivity index is 1.59. The zero-order valence-electron chi connectivity index (χ0n) is 25.1. The number of ether oxygens (including phenoxy) is 2. The summed E-state index contributed by atoms with van der Waals surface area (Å²) in [5.41, 5.74) is 2.59. The monoisotopic (exact) mass is 796 g/mol. The largest absolute Gasteiger partial charge is 0.489 e. The Morgan fingerprint density at radius 3 is 1.80 bits per heavy atom. The molecule has 0 atom stereocenters. The zero-order valence-corrected chi connectivity index (χ0v) is 29.9. The van der Waals surface area contributed by atoms with E-state index >= 15 is 0 Å². The van der Waals surface area contributed by atoms with Gasteiger partial charge in [0.05, 0.1) is 11.3 Å². The highest BCUT2D eigenvalue weighted by Crippen LogP contribution is 2.38. The van der Waals surface area contributed by atoms with E-state index in [0.717, 1.165) is 14.5 Å². The summed E-state index contributed by atoms with van der Waals surface area (Å²) < 4.78 is 74.7. The Kier molecular flexibility index (Phi) is 12.8. The quantitative estimate of drug-likeness (QED) is 0.0933. The first kappa shape index (κ1) is 35.6. The number of benzene rings is 3. The van der Waals surface area contributed by atoms with Gasteiger partial charge in [0.15, 0.2) is 5.82 Å². The van der Waals surface area contributed by atoms with Crippen LogP contribution in [0.5, 0.6) is 11.6 Å². The highest BCUT2D eigenvalue weighted by Gasteiger charge is 2.21. The molecule has 46 heavy (non-hydrogen) atoms. The third kappa shape index (κ3) is 10.1. The van der Waals surface area contributed by atoms with Crippen molar-refractivity contribution in [2.45, 2.75) is 26.7 Å². The van der Waals surface area contributed by atoms with Crippen LogP contribution in [0.25, 0.3) is 22.3 Å². The first-order chi connectivity index (χ1) is 22.0. The third-order valence-corrected chi connectivity index (χ3v) is 9.42. The van der Waals surface area contributed by atoms with Gasteiger partial charge in [0.25, 0.3) is 20.4 Å². The Bertz CT molecular complexity index is 1690. The number of anilines is 2. The maximum atomic E-state index is 12.7. The average molecular weight is 799 g/mol. The van der Waals surface area contributed by atoms with E-state index < -0.39 is 20.4 Å². The summed E-state index contributed by atoms with van der Waals surface area (Å²) in [5, 5.41) is 0. The van der Waals surface area contributed by atoms with Crippen LogP contribution in [0.3, 0.4) is 0 Å². The topological polar surface area (TPSA) is 161 Å². The molecule has 246 valence electrons. The molecule has 0 aliphatic heterocycles. The average Bonchev–Trinajstić information content (AvgIpc) is 3.02. The summed E-state index contributed by atoms with van der Waals surface area (Å²) in [4.78, 5) is 8.47. The van der Waals surface area contributed by atoms with Crippen LogP contribution in [-0.4, -0.2) is 53.1 Å². The van der Waals surface area contributed by atoms with Gasteiger partial charge in [-0.15, -0.1) is 0 Å². The molecule has 1 heterocycles. The van der Waals surface area contributed by atoms with Gasteiger partial charge in [-0.3, -0.25) is 9.44 Å². The molecule has 0 saturated carbocycles. The zero-order chi connectivity index (χ0) is 33.2. The van der Waals surface area contributed by atoms with E-state index in [9.17, 15) is 16.8 Å². The molecule has 4 aromatic rings. The van der Waals surface area contributed by atoms with Gasteiger partial charge in [-0.05, 0) is 60.4 Å². The molecular weight excluding hydrogens is 764 g/mol. The molecule has 4 rings (SSSR count). The molecule has 0 fully saturated rings. The number of hydrogen-bond acceptors (Lipinski definition) is 8. The first-order valence-corrected chi connectivity index (χ1v) is 18.9. The summed E-state index contributed by atoms with van der Waals surface area (Å²) in [6.45, 7) is 4.36. The molecule has 0 radical (unpaired) electrons. The van der Waals surface area contributed by atoms with Gasteiger partial charge < -0.3 is 9.47 Å². The third-order valence-electron chi connectivity index (χ3n) is 6.24. The van der Waals surface area contributed by atoms with Crippen molar-refractivity contribution in [3.8, 4) is 33.9 Å². The number of hydrogen-bond donors (Lipinski definition) is 4. The highest BCUT2D eigenvalue weighted by atomic mass is 79.9. The molecule has 0 unspecified atom stereocenters. The molecule has 0 aliphatic rings. The van der Waals surface area contributed by atoms with Crippen molar-refractivity contribution >= 4 is 63.8 Å². The Hall–Kier alpha value is -3.28. The van der Waals surface area contributed by atoms with Crippen LogP contribution in [0.15, 0.2) is 82.0 Å². The predicted molar refractivity (Wildman–Crippen MR) is 187 cm³/mol. The van der Waals surface area contributed by atoms with Crippen LogP contribution in [0.1, 0.15) is 26.7 Å². The summed E-state index contributed by atoms with van der Waals surface area (Å²) in [6, 6.07) is 19.7.